The quantitative estimate of drug-likeness (QED) is 0.867. The zero-order valence-corrected chi connectivity index (χ0v) is 12.4. The van der Waals surface area contributed by atoms with Crippen LogP contribution in [-0.4, -0.2) is 36.0 Å². The number of quaternary nitrogens is 1. The Hall–Kier alpha value is -1.59. The van der Waals surface area contributed by atoms with Crippen LogP contribution in [0.5, 0.6) is 0 Å². The second-order valence-corrected chi connectivity index (χ2v) is 5.42. The van der Waals surface area contributed by atoms with Gasteiger partial charge in [-0.05, 0) is 19.9 Å². The van der Waals surface area contributed by atoms with Gasteiger partial charge in [0.1, 0.15) is 6.04 Å². The zero-order valence-electron chi connectivity index (χ0n) is 11.6. The molecule has 2 atom stereocenters. The topological polar surface area (TPSA) is 66.0 Å². The van der Waals surface area contributed by atoms with Gasteiger partial charge in [0.25, 0.3) is 5.91 Å². The van der Waals surface area contributed by atoms with Gasteiger partial charge in [0.15, 0.2) is 6.04 Å². The molecular weight excluding hydrogens is 278 g/mol. The first-order valence-electron chi connectivity index (χ1n) is 6.69. The molecule has 20 heavy (non-hydrogen) atoms. The molecule has 5 nitrogen and oxygen atoms in total. The molecule has 2 rings (SSSR count). The fraction of sp³-hybridized carbons (Fsp3) is 0.429. The van der Waals surface area contributed by atoms with Crippen molar-refractivity contribution in [3.63, 3.8) is 0 Å². The molecular formula is C14H19ClN3O2+. The van der Waals surface area contributed by atoms with E-state index in [0.717, 1.165) is 5.56 Å². The molecule has 108 valence electrons. The molecule has 1 aromatic rings. The lowest BCUT2D eigenvalue weighted by atomic mass is 10.1. The van der Waals surface area contributed by atoms with Gasteiger partial charge in [-0.1, -0.05) is 29.8 Å². The molecule has 0 unspecified atom stereocenters. The van der Waals surface area contributed by atoms with E-state index < -0.39 is 0 Å². The van der Waals surface area contributed by atoms with E-state index in [0.29, 0.717) is 18.1 Å². The molecule has 1 heterocycles. The highest BCUT2D eigenvalue weighted by molar-refractivity contribution is 6.31. The number of imide groups is 1. The van der Waals surface area contributed by atoms with Crippen molar-refractivity contribution in [1.82, 2.24) is 10.2 Å². The van der Waals surface area contributed by atoms with Crippen molar-refractivity contribution in [2.24, 2.45) is 0 Å². The highest BCUT2D eigenvalue weighted by atomic mass is 35.5. The van der Waals surface area contributed by atoms with Crippen LogP contribution in [0.3, 0.4) is 0 Å². The number of nitrogens with one attached hydrogen (secondary N) is 1. The summed E-state index contributed by atoms with van der Waals surface area (Å²) in [4.78, 5) is 25.0. The lowest BCUT2D eigenvalue weighted by Crippen LogP contribution is -2.92. The number of urea groups is 1. The Bertz CT molecular complexity index is 521. The number of nitrogens with zero attached hydrogens (tertiary/aromatic N) is 1. The second-order valence-electron chi connectivity index (χ2n) is 5.01. The first-order chi connectivity index (χ1) is 9.50. The zero-order chi connectivity index (χ0) is 14.7. The summed E-state index contributed by atoms with van der Waals surface area (Å²) >= 11 is 6.15. The predicted molar refractivity (Wildman–Crippen MR) is 76.4 cm³/mol. The monoisotopic (exact) mass is 296 g/mol. The molecule has 6 heteroatoms. The van der Waals surface area contributed by atoms with Crippen molar-refractivity contribution >= 4 is 23.5 Å². The van der Waals surface area contributed by atoms with Crippen LogP contribution in [0.1, 0.15) is 25.5 Å². The summed E-state index contributed by atoms with van der Waals surface area (Å²) < 4.78 is 0. The van der Waals surface area contributed by atoms with Crippen molar-refractivity contribution in [3.05, 3.63) is 34.9 Å². The van der Waals surface area contributed by atoms with E-state index in [4.69, 9.17) is 11.6 Å². The van der Waals surface area contributed by atoms with Gasteiger partial charge < -0.3 is 10.6 Å². The van der Waals surface area contributed by atoms with E-state index in [1.165, 1.54) is 4.90 Å². The number of carbonyl (C=O) groups is 2. The van der Waals surface area contributed by atoms with Crippen LogP contribution in [0.25, 0.3) is 0 Å². The number of amides is 3. The lowest BCUT2D eigenvalue weighted by Gasteiger charge is -2.20. The third kappa shape index (κ3) is 3.11. The van der Waals surface area contributed by atoms with Crippen LogP contribution in [0.2, 0.25) is 5.02 Å². The predicted octanol–water partition coefficient (Wildman–Crippen LogP) is 0.905. The molecule has 1 aromatic carbocycles. The summed E-state index contributed by atoms with van der Waals surface area (Å²) in [6, 6.07) is 7.00. The van der Waals surface area contributed by atoms with E-state index in [2.05, 4.69) is 5.32 Å². The summed E-state index contributed by atoms with van der Waals surface area (Å²) in [6.07, 6.45) is 0. The van der Waals surface area contributed by atoms with Crippen LogP contribution in [0, 0.1) is 0 Å². The molecule has 0 spiro atoms. The van der Waals surface area contributed by atoms with E-state index >= 15 is 0 Å². The van der Waals surface area contributed by atoms with Gasteiger partial charge in [-0.2, -0.15) is 0 Å². The Kier molecular flexibility index (Phi) is 4.62. The first kappa shape index (κ1) is 14.8. The molecule has 0 saturated carbocycles. The Morgan fingerprint density at radius 1 is 1.40 bits per heavy atom. The standard InChI is InChI=1S/C14H18ClN3O2/c1-9(11-5-3-4-6-12(11)15)17-10(2)13(19)18-8-7-16-14(18)20/h3-6,9-10,17H,7-8H2,1-2H3,(H,16,20)/p+1/t9-,10-/m1/s1. The molecule has 1 aliphatic rings. The number of benzene rings is 1. The maximum atomic E-state index is 12.2. The van der Waals surface area contributed by atoms with Gasteiger partial charge in [-0.25, -0.2) is 4.79 Å². The minimum Gasteiger partial charge on any atom is -0.336 e. The van der Waals surface area contributed by atoms with E-state index in [-0.39, 0.29) is 24.0 Å². The van der Waals surface area contributed by atoms with Crippen molar-refractivity contribution in [1.29, 1.82) is 0 Å². The average Bonchev–Trinajstić information content (AvgIpc) is 2.84. The second kappa shape index (κ2) is 6.24. The SMILES string of the molecule is C[C@@H]([NH2+][C@H](C)c1ccccc1Cl)C(=O)N1CCNC1=O. The first-order valence-corrected chi connectivity index (χ1v) is 7.07. The number of hydrogen-bond acceptors (Lipinski definition) is 2. The lowest BCUT2D eigenvalue weighted by molar-refractivity contribution is -0.710. The van der Waals surface area contributed by atoms with Crippen LogP contribution < -0.4 is 10.6 Å². The minimum atomic E-state index is -0.329. The smallest absolute Gasteiger partial charge is 0.324 e. The average molecular weight is 297 g/mol. The molecule has 1 aliphatic heterocycles. The number of nitrogens with two attached hydrogens (primary N) is 1. The normalized spacial score (nSPS) is 17.8. The number of rotatable bonds is 4. The van der Waals surface area contributed by atoms with Crippen molar-refractivity contribution in [2.75, 3.05) is 13.1 Å². The molecule has 3 amide bonds. The van der Waals surface area contributed by atoms with Gasteiger partial charge in [-0.3, -0.25) is 9.69 Å². The molecule has 0 radical (unpaired) electrons. The summed E-state index contributed by atoms with van der Waals surface area (Å²) in [5.74, 6) is -0.168. The van der Waals surface area contributed by atoms with Crippen molar-refractivity contribution < 1.29 is 14.9 Å². The minimum absolute atomic E-state index is 0.0494. The van der Waals surface area contributed by atoms with Crippen LogP contribution in [0.15, 0.2) is 24.3 Å². The molecule has 1 fully saturated rings. The fourth-order valence-electron chi connectivity index (χ4n) is 2.39. The Balaban J connectivity index is 2.00. The summed E-state index contributed by atoms with van der Waals surface area (Å²) in [6.45, 7) is 4.77. The van der Waals surface area contributed by atoms with Gasteiger partial charge in [0.2, 0.25) is 0 Å². The molecule has 0 aromatic heterocycles. The Labute approximate surface area is 123 Å². The summed E-state index contributed by atoms with van der Waals surface area (Å²) in [5.41, 5.74) is 0.986. The highest BCUT2D eigenvalue weighted by Gasteiger charge is 2.32. The number of halogens is 1. The maximum absolute atomic E-state index is 12.2. The largest absolute Gasteiger partial charge is 0.336 e. The van der Waals surface area contributed by atoms with Gasteiger partial charge >= 0.3 is 6.03 Å². The number of carbonyl (C=O) groups excluding carboxylic acids is 2. The van der Waals surface area contributed by atoms with E-state index in [9.17, 15) is 9.59 Å². The third-order valence-corrected chi connectivity index (χ3v) is 3.83. The molecule has 0 aliphatic carbocycles. The highest BCUT2D eigenvalue weighted by Crippen LogP contribution is 2.19. The Morgan fingerprint density at radius 2 is 2.10 bits per heavy atom. The summed E-state index contributed by atoms with van der Waals surface area (Å²) in [5, 5.41) is 5.25. The van der Waals surface area contributed by atoms with Crippen LogP contribution in [-0.2, 0) is 4.79 Å². The molecule has 1 saturated heterocycles. The van der Waals surface area contributed by atoms with Gasteiger partial charge in [-0.15, -0.1) is 0 Å². The summed E-state index contributed by atoms with van der Waals surface area (Å²) in [7, 11) is 0. The molecule has 3 N–H and O–H groups in total. The van der Waals surface area contributed by atoms with Gasteiger partial charge in [0.05, 0.1) is 0 Å². The Morgan fingerprint density at radius 3 is 2.70 bits per heavy atom. The van der Waals surface area contributed by atoms with E-state index in [1.54, 1.807) is 6.92 Å². The third-order valence-electron chi connectivity index (χ3n) is 3.49. The van der Waals surface area contributed by atoms with E-state index in [1.807, 2.05) is 36.5 Å². The molecule has 0 bridgehead atoms. The van der Waals surface area contributed by atoms with Crippen LogP contribution >= 0.6 is 11.6 Å². The fourth-order valence-corrected chi connectivity index (χ4v) is 2.70. The van der Waals surface area contributed by atoms with Gasteiger partial charge in [0, 0.05) is 23.7 Å². The maximum Gasteiger partial charge on any atom is 0.324 e. The van der Waals surface area contributed by atoms with Crippen LogP contribution in [0.4, 0.5) is 4.79 Å². The van der Waals surface area contributed by atoms with Crippen molar-refractivity contribution in [3.8, 4) is 0 Å². The number of hydrogen-bond donors (Lipinski definition) is 2. The van der Waals surface area contributed by atoms with Crippen molar-refractivity contribution in [2.45, 2.75) is 25.9 Å².